The first-order valence-corrected chi connectivity index (χ1v) is 8.36. The van der Waals surface area contributed by atoms with Crippen LogP contribution in [-0.4, -0.2) is 32.7 Å². The Labute approximate surface area is 145 Å². The lowest BCUT2D eigenvalue weighted by atomic mass is 10.3. The lowest BCUT2D eigenvalue weighted by molar-refractivity contribution is -0.121. The third-order valence-electron chi connectivity index (χ3n) is 3.36. The van der Waals surface area contributed by atoms with E-state index in [1.807, 2.05) is 61.6 Å². The predicted molar refractivity (Wildman–Crippen MR) is 97.0 cm³/mol. The van der Waals surface area contributed by atoms with Crippen LogP contribution >= 0.6 is 15.9 Å². The largest absolute Gasteiger partial charge is 0.493 e. The Morgan fingerprint density at radius 2 is 1.96 bits per heavy atom. The van der Waals surface area contributed by atoms with Crippen LogP contribution in [0, 0.1) is 0 Å². The van der Waals surface area contributed by atoms with E-state index >= 15 is 0 Å². The van der Waals surface area contributed by atoms with Crippen LogP contribution in [0.4, 0.5) is 5.69 Å². The van der Waals surface area contributed by atoms with Crippen molar-refractivity contribution in [1.82, 2.24) is 5.32 Å². The van der Waals surface area contributed by atoms with Crippen LogP contribution in [0.25, 0.3) is 0 Å². The minimum Gasteiger partial charge on any atom is -0.493 e. The molecule has 2 rings (SSSR count). The zero-order chi connectivity index (χ0) is 16.5. The van der Waals surface area contributed by atoms with E-state index in [1.54, 1.807) is 0 Å². The Balaban J connectivity index is 1.62. The summed E-state index contributed by atoms with van der Waals surface area (Å²) in [6.45, 7) is 1.75. The highest BCUT2D eigenvalue weighted by molar-refractivity contribution is 9.10. The SMILES string of the molecule is CN(CCNC(=O)CCOc1cccc(Br)c1)c1ccccc1. The third kappa shape index (κ3) is 6.32. The van der Waals surface area contributed by atoms with Gasteiger partial charge in [-0.15, -0.1) is 0 Å². The zero-order valence-corrected chi connectivity index (χ0v) is 14.8. The van der Waals surface area contributed by atoms with Crippen molar-refractivity contribution in [2.24, 2.45) is 0 Å². The molecule has 0 aromatic heterocycles. The number of hydrogen-bond acceptors (Lipinski definition) is 3. The minimum atomic E-state index is 0.00135. The molecule has 0 aliphatic rings. The van der Waals surface area contributed by atoms with Gasteiger partial charge in [-0.2, -0.15) is 0 Å². The molecule has 0 fully saturated rings. The fraction of sp³-hybridized carbons (Fsp3) is 0.278. The second-order valence-electron chi connectivity index (χ2n) is 5.16. The van der Waals surface area contributed by atoms with E-state index in [2.05, 4.69) is 26.1 Å². The second-order valence-corrected chi connectivity index (χ2v) is 6.08. The number of nitrogens with zero attached hydrogens (tertiary/aromatic N) is 1. The number of carbonyl (C=O) groups excluding carboxylic acids is 1. The van der Waals surface area contributed by atoms with Crippen LogP contribution in [-0.2, 0) is 4.79 Å². The summed E-state index contributed by atoms with van der Waals surface area (Å²) in [4.78, 5) is 13.9. The van der Waals surface area contributed by atoms with Crippen molar-refractivity contribution in [3.8, 4) is 5.75 Å². The number of likely N-dealkylation sites (N-methyl/N-ethyl adjacent to an activating group) is 1. The molecule has 5 heteroatoms. The van der Waals surface area contributed by atoms with Crippen LogP contribution in [0.15, 0.2) is 59.1 Å². The molecule has 2 aromatic rings. The Bertz CT molecular complexity index is 619. The van der Waals surface area contributed by atoms with Crippen LogP contribution in [0.1, 0.15) is 6.42 Å². The number of anilines is 1. The molecular weight excluding hydrogens is 356 g/mol. The molecule has 0 heterocycles. The molecule has 0 atom stereocenters. The molecule has 0 radical (unpaired) electrons. The number of hydrogen-bond donors (Lipinski definition) is 1. The average molecular weight is 377 g/mol. The van der Waals surface area contributed by atoms with Gasteiger partial charge in [0.2, 0.25) is 5.91 Å². The van der Waals surface area contributed by atoms with Gasteiger partial charge in [-0.1, -0.05) is 40.2 Å². The van der Waals surface area contributed by atoms with Crippen molar-refractivity contribution < 1.29 is 9.53 Å². The third-order valence-corrected chi connectivity index (χ3v) is 3.85. The summed E-state index contributed by atoms with van der Waals surface area (Å²) < 4.78 is 6.51. The van der Waals surface area contributed by atoms with Gasteiger partial charge in [0.25, 0.3) is 0 Å². The van der Waals surface area contributed by atoms with Crippen molar-refractivity contribution >= 4 is 27.5 Å². The average Bonchev–Trinajstić information content (AvgIpc) is 2.55. The molecule has 4 nitrogen and oxygen atoms in total. The van der Waals surface area contributed by atoms with Crippen molar-refractivity contribution in [2.45, 2.75) is 6.42 Å². The predicted octanol–water partition coefficient (Wildman–Crippen LogP) is 3.47. The van der Waals surface area contributed by atoms with E-state index in [4.69, 9.17) is 4.74 Å². The fourth-order valence-corrected chi connectivity index (χ4v) is 2.46. The van der Waals surface area contributed by atoms with Crippen LogP contribution < -0.4 is 15.0 Å². The first kappa shape index (κ1) is 17.3. The van der Waals surface area contributed by atoms with Gasteiger partial charge in [0, 0.05) is 30.3 Å². The maximum absolute atomic E-state index is 11.8. The first-order valence-electron chi connectivity index (χ1n) is 7.56. The summed E-state index contributed by atoms with van der Waals surface area (Å²) in [6.07, 6.45) is 0.349. The standard InChI is InChI=1S/C18H21BrN2O2/c1-21(16-7-3-2-4-8-16)12-11-20-18(22)10-13-23-17-9-5-6-15(19)14-17/h2-9,14H,10-13H2,1H3,(H,20,22). The van der Waals surface area contributed by atoms with E-state index in [9.17, 15) is 4.79 Å². The molecule has 1 amide bonds. The number of para-hydroxylation sites is 1. The lowest BCUT2D eigenvalue weighted by Crippen LogP contribution is -2.33. The molecular formula is C18H21BrN2O2. The Hall–Kier alpha value is -2.01. The van der Waals surface area contributed by atoms with Crippen LogP contribution in [0.2, 0.25) is 0 Å². The number of carbonyl (C=O) groups is 1. The highest BCUT2D eigenvalue weighted by Crippen LogP contribution is 2.17. The van der Waals surface area contributed by atoms with E-state index in [0.717, 1.165) is 22.5 Å². The number of amides is 1. The molecule has 2 aromatic carbocycles. The maximum Gasteiger partial charge on any atom is 0.223 e. The molecule has 0 saturated carbocycles. The minimum absolute atomic E-state index is 0.00135. The molecule has 0 bridgehead atoms. The summed E-state index contributed by atoms with van der Waals surface area (Å²) in [6, 6.07) is 17.7. The summed E-state index contributed by atoms with van der Waals surface area (Å²) in [5, 5.41) is 2.91. The monoisotopic (exact) mass is 376 g/mol. The zero-order valence-electron chi connectivity index (χ0n) is 13.2. The summed E-state index contributed by atoms with van der Waals surface area (Å²) in [5.74, 6) is 0.762. The van der Waals surface area contributed by atoms with E-state index in [0.29, 0.717) is 19.6 Å². The van der Waals surface area contributed by atoms with Crippen molar-refractivity contribution in [2.75, 3.05) is 31.6 Å². The molecule has 0 saturated heterocycles. The van der Waals surface area contributed by atoms with Crippen molar-refractivity contribution in [1.29, 1.82) is 0 Å². The van der Waals surface area contributed by atoms with Gasteiger partial charge in [0.05, 0.1) is 13.0 Å². The molecule has 0 spiro atoms. The fourth-order valence-electron chi connectivity index (χ4n) is 2.08. The van der Waals surface area contributed by atoms with E-state index in [1.165, 1.54) is 0 Å². The van der Waals surface area contributed by atoms with E-state index < -0.39 is 0 Å². The normalized spacial score (nSPS) is 10.2. The number of halogens is 1. The number of ether oxygens (including phenoxy) is 1. The number of benzene rings is 2. The topological polar surface area (TPSA) is 41.6 Å². The smallest absolute Gasteiger partial charge is 0.223 e. The van der Waals surface area contributed by atoms with Gasteiger partial charge in [0.15, 0.2) is 0 Å². The molecule has 0 unspecified atom stereocenters. The molecule has 23 heavy (non-hydrogen) atoms. The van der Waals surface area contributed by atoms with Crippen molar-refractivity contribution in [3.63, 3.8) is 0 Å². The Kier molecular flexibility index (Phi) is 6.94. The van der Waals surface area contributed by atoms with Crippen LogP contribution in [0.3, 0.4) is 0 Å². The number of nitrogens with one attached hydrogen (secondary N) is 1. The molecule has 1 N–H and O–H groups in total. The maximum atomic E-state index is 11.8. The van der Waals surface area contributed by atoms with Gasteiger partial charge in [-0.25, -0.2) is 0 Å². The highest BCUT2D eigenvalue weighted by Gasteiger charge is 2.04. The first-order chi connectivity index (χ1) is 11.1. The molecule has 122 valence electrons. The molecule has 0 aliphatic heterocycles. The highest BCUT2D eigenvalue weighted by atomic mass is 79.9. The summed E-state index contributed by atoms with van der Waals surface area (Å²) in [7, 11) is 2.01. The molecule has 0 aliphatic carbocycles. The van der Waals surface area contributed by atoms with Gasteiger partial charge in [-0.3, -0.25) is 4.79 Å². The van der Waals surface area contributed by atoms with Gasteiger partial charge in [-0.05, 0) is 30.3 Å². The quantitative estimate of drug-likeness (QED) is 0.766. The van der Waals surface area contributed by atoms with Crippen LogP contribution in [0.5, 0.6) is 5.75 Å². The summed E-state index contributed by atoms with van der Waals surface area (Å²) in [5.41, 5.74) is 1.14. The Morgan fingerprint density at radius 3 is 2.70 bits per heavy atom. The Morgan fingerprint density at radius 1 is 1.17 bits per heavy atom. The lowest BCUT2D eigenvalue weighted by Gasteiger charge is -2.19. The van der Waals surface area contributed by atoms with Gasteiger partial charge >= 0.3 is 0 Å². The summed E-state index contributed by atoms with van der Waals surface area (Å²) >= 11 is 3.39. The second kappa shape index (κ2) is 9.20. The van der Waals surface area contributed by atoms with Gasteiger partial charge in [0.1, 0.15) is 5.75 Å². The van der Waals surface area contributed by atoms with Crippen molar-refractivity contribution in [3.05, 3.63) is 59.1 Å². The van der Waals surface area contributed by atoms with E-state index in [-0.39, 0.29) is 5.91 Å². The number of rotatable bonds is 8. The van der Waals surface area contributed by atoms with Gasteiger partial charge < -0.3 is 15.0 Å².